The van der Waals surface area contributed by atoms with Gasteiger partial charge < -0.3 is 4.74 Å². The summed E-state index contributed by atoms with van der Waals surface area (Å²) in [4.78, 5) is 35.7. The van der Waals surface area contributed by atoms with Gasteiger partial charge in [-0.1, -0.05) is 37.3 Å². The molecule has 3 amide bonds. The van der Waals surface area contributed by atoms with Gasteiger partial charge in [0, 0.05) is 12.5 Å². The first kappa shape index (κ1) is 15.6. The molecule has 0 bridgehead atoms. The molecule has 106 valence electrons. The lowest BCUT2D eigenvalue weighted by Gasteiger charge is -2.15. The topological polar surface area (TPSA) is 63.7 Å². The molecule has 20 heavy (non-hydrogen) atoms. The van der Waals surface area contributed by atoms with Crippen molar-refractivity contribution in [3.05, 3.63) is 42.0 Å². The number of hydrogen-bond acceptors (Lipinski definition) is 4. The van der Waals surface area contributed by atoms with Crippen molar-refractivity contribution in [3.63, 3.8) is 0 Å². The molecule has 0 aliphatic carbocycles. The van der Waals surface area contributed by atoms with Crippen LogP contribution in [0.3, 0.4) is 0 Å². The Hall–Kier alpha value is -2.43. The summed E-state index contributed by atoms with van der Waals surface area (Å²) in [5, 5.41) is 0. The highest BCUT2D eigenvalue weighted by molar-refractivity contribution is 6.13. The first-order valence-electron chi connectivity index (χ1n) is 6.37. The Balaban J connectivity index is 2.86. The van der Waals surface area contributed by atoms with Gasteiger partial charge in [-0.2, -0.15) is 4.90 Å². The summed E-state index contributed by atoms with van der Waals surface area (Å²) in [6, 6.07) is 9.11. The number of amides is 3. The van der Waals surface area contributed by atoms with E-state index in [0.717, 1.165) is 5.56 Å². The van der Waals surface area contributed by atoms with E-state index in [4.69, 9.17) is 4.74 Å². The van der Waals surface area contributed by atoms with Crippen LogP contribution in [0.1, 0.15) is 25.8 Å². The Kier molecular flexibility index (Phi) is 6.16. The van der Waals surface area contributed by atoms with E-state index in [0.29, 0.717) is 4.90 Å². The molecule has 1 aromatic rings. The fourth-order valence-electron chi connectivity index (χ4n) is 1.47. The Morgan fingerprint density at radius 1 is 1.15 bits per heavy atom. The number of rotatable bonds is 4. The average Bonchev–Trinajstić information content (AvgIpc) is 2.46. The second-order valence-corrected chi connectivity index (χ2v) is 3.86. The minimum absolute atomic E-state index is 0.0454. The maximum absolute atomic E-state index is 12.0. The summed E-state index contributed by atoms with van der Waals surface area (Å²) in [6.45, 7) is 3.28. The normalized spacial score (nSPS) is 10.3. The van der Waals surface area contributed by atoms with Gasteiger partial charge in [0.2, 0.25) is 5.91 Å². The van der Waals surface area contributed by atoms with Crippen LogP contribution in [-0.2, 0) is 14.3 Å². The van der Waals surface area contributed by atoms with Gasteiger partial charge in [0.15, 0.2) is 0 Å². The first-order chi connectivity index (χ1) is 9.60. The molecule has 1 rings (SSSR count). The van der Waals surface area contributed by atoms with Crippen molar-refractivity contribution >= 4 is 24.0 Å². The van der Waals surface area contributed by atoms with E-state index in [1.165, 1.54) is 12.2 Å². The fourth-order valence-corrected chi connectivity index (χ4v) is 1.47. The predicted octanol–water partition coefficient (Wildman–Crippen LogP) is 2.62. The molecular formula is C15H17NO4. The van der Waals surface area contributed by atoms with Crippen LogP contribution in [0.15, 0.2) is 36.4 Å². The van der Waals surface area contributed by atoms with Crippen LogP contribution >= 0.6 is 0 Å². The zero-order valence-electron chi connectivity index (χ0n) is 11.5. The van der Waals surface area contributed by atoms with E-state index in [1.54, 1.807) is 26.0 Å². The van der Waals surface area contributed by atoms with E-state index in [-0.39, 0.29) is 13.0 Å². The Morgan fingerprint density at radius 3 is 2.35 bits per heavy atom. The number of carbonyl (C=O) groups excluding carboxylic acids is 3. The molecule has 0 saturated carbocycles. The summed E-state index contributed by atoms with van der Waals surface area (Å²) in [7, 11) is 0. The quantitative estimate of drug-likeness (QED) is 0.792. The van der Waals surface area contributed by atoms with Crippen molar-refractivity contribution in [1.82, 2.24) is 4.90 Å². The Labute approximate surface area is 117 Å². The summed E-state index contributed by atoms with van der Waals surface area (Å²) in [5.41, 5.74) is 0.800. The molecule has 0 atom stereocenters. The molecule has 0 aliphatic rings. The van der Waals surface area contributed by atoms with E-state index >= 15 is 0 Å². The molecule has 0 saturated heterocycles. The van der Waals surface area contributed by atoms with Crippen molar-refractivity contribution in [2.75, 3.05) is 6.61 Å². The second-order valence-electron chi connectivity index (χ2n) is 3.86. The van der Waals surface area contributed by atoms with Crippen molar-refractivity contribution in [2.24, 2.45) is 0 Å². The lowest BCUT2D eigenvalue weighted by molar-refractivity contribution is -0.139. The molecule has 0 fully saturated rings. The van der Waals surface area contributed by atoms with Gasteiger partial charge in [-0.25, -0.2) is 4.79 Å². The average molecular weight is 275 g/mol. The molecular weight excluding hydrogens is 258 g/mol. The standard InChI is InChI=1S/C15H17NO4/c1-3-13(17)16(15(19)20-4-2)14(18)11-10-12-8-6-5-7-9-12/h5-11H,3-4H2,1-2H3/b11-10+. The number of carbonyl (C=O) groups is 3. The minimum Gasteiger partial charge on any atom is -0.449 e. The van der Waals surface area contributed by atoms with Crippen molar-refractivity contribution in [1.29, 1.82) is 0 Å². The molecule has 0 unspecified atom stereocenters. The summed E-state index contributed by atoms with van der Waals surface area (Å²) < 4.78 is 4.71. The van der Waals surface area contributed by atoms with Crippen LogP contribution in [-0.4, -0.2) is 29.4 Å². The van der Waals surface area contributed by atoms with Gasteiger partial charge in [-0.05, 0) is 18.6 Å². The fraction of sp³-hybridized carbons (Fsp3) is 0.267. The molecule has 5 heteroatoms. The maximum Gasteiger partial charge on any atom is 0.423 e. The third kappa shape index (κ3) is 4.35. The molecule has 0 aromatic heterocycles. The first-order valence-corrected chi connectivity index (χ1v) is 6.37. The molecule has 0 aliphatic heterocycles. The number of ether oxygens (including phenoxy) is 1. The number of benzene rings is 1. The molecule has 0 N–H and O–H groups in total. The lowest BCUT2D eigenvalue weighted by atomic mass is 10.2. The monoisotopic (exact) mass is 275 g/mol. The summed E-state index contributed by atoms with van der Waals surface area (Å²) >= 11 is 0. The smallest absolute Gasteiger partial charge is 0.423 e. The third-order valence-corrected chi connectivity index (χ3v) is 2.44. The highest BCUT2D eigenvalue weighted by atomic mass is 16.6. The lowest BCUT2D eigenvalue weighted by Crippen LogP contribution is -2.40. The largest absolute Gasteiger partial charge is 0.449 e. The van der Waals surface area contributed by atoms with E-state index in [1.807, 2.05) is 18.2 Å². The highest BCUT2D eigenvalue weighted by Crippen LogP contribution is 2.05. The van der Waals surface area contributed by atoms with Crippen molar-refractivity contribution < 1.29 is 19.1 Å². The van der Waals surface area contributed by atoms with Crippen LogP contribution in [0.4, 0.5) is 4.79 Å². The molecule has 1 aromatic carbocycles. The number of nitrogens with zero attached hydrogens (tertiary/aromatic N) is 1. The van der Waals surface area contributed by atoms with Crippen LogP contribution in [0.5, 0.6) is 0 Å². The van der Waals surface area contributed by atoms with Crippen LogP contribution in [0, 0.1) is 0 Å². The summed E-state index contributed by atoms with van der Waals surface area (Å²) in [6.07, 6.45) is 1.82. The van der Waals surface area contributed by atoms with E-state index in [2.05, 4.69) is 0 Å². The molecule has 0 heterocycles. The van der Waals surface area contributed by atoms with Gasteiger partial charge in [0.25, 0.3) is 5.91 Å². The predicted molar refractivity (Wildman–Crippen MR) is 74.6 cm³/mol. The maximum atomic E-state index is 12.0. The van der Waals surface area contributed by atoms with Crippen LogP contribution in [0.25, 0.3) is 6.08 Å². The third-order valence-electron chi connectivity index (χ3n) is 2.44. The second kappa shape index (κ2) is 7.89. The molecule has 0 spiro atoms. The molecule has 5 nitrogen and oxygen atoms in total. The van der Waals surface area contributed by atoms with Gasteiger partial charge in [-0.15, -0.1) is 0 Å². The van der Waals surface area contributed by atoms with Crippen LogP contribution in [0.2, 0.25) is 0 Å². The highest BCUT2D eigenvalue weighted by Gasteiger charge is 2.26. The van der Waals surface area contributed by atoms with Crippen LogP contribution < -0.4 is 0 Å². The minimum atomic E-state index is -0.943. The zero-order valence-corrected chi connectivity index (χ0v) is 11.5. The van der Waals surface area contributed by atoms with Gasteiger partial charge in [0.1, 0.15) is 0 Å². The van der Waals surface area contributed by atoms with E-state index < -0.39 is 17.9 Å². The molecule has 0 radical (unpaired) electrons. The van der Waals surface area contributed by atoms with Gasteiger partial charge in [0.05, 0.1) is 6.61 Å². The van der Waals surface area contributed by atoms with Gasteiger partial charge in [-0.3, -0.25) is 9.59 Å². The van der Waals surface area contributed by atoms with Gasteiger partial charge >= 0.3 is 6.09 Å². The number of hydrogen-bond donors (Lipinski definition) is 0. The van der Waals surface area contributed by atoms with Crippen molar-refractivity contribution in [3.8, 4) is 0 Å². The Morgan fingerprint density at radius 2 is 1.80 bits per heavy atom. The Bertz CT molecular complexity index is 508. The summed E-state index contributed by atoms with van der Waals surface area (Å²) in [5.74, 6) is -1.30. The SMILES string of the molecule is CCOC(=O)N(C(=O)/C=C/c1ccccc1)C(=O)CC. The zero-order chi connectivity index (χ0) is 15.0. The van der Waals surface area contributed by atoms with Crippen molar-refractivity contribution in [2.45, 2.75) is 20.3 Å². The number of imide groups is 3. The van der Waals surface area contributed by atoms with E-state index in [9.17, 15) is 14.4 Å².